The van der Waals surface area contributed by atoms with Crippen molar-refractivity contribution in [2.45, 2.75) is 6.04 Å². The largest absolute Gasteiger partial charge is 0.479 e. The molecule has 0 fully saturated rings. The molecule has 1 aromatic rings. The van der Waals surface area contributed by atoms with Gasteiger partial charge in [-0.3, -0.25) is 0 Å². The first-order chi connectivity index (χ1) is 8.95. The fraction of sp³-hybridized carbons (Fsp3) is 0.167. The number of hydrogen-bond donors (Lipinski definition) is 2. The maximum atomic E-state index is 13.0. The summed E-state index contributed by atoms with van der Waals surface area (Å²) in [5.74, 6) is -2.00. The minimum absolute atomic E-state index is 0.0532. The molecule has 0 aliphatic carbocycles. The van der Waals surface area contributed by atoms with Gasteiger partial charge in [-0.2, -0.15) is 0 Å². The lowest BCUT2D eigenvalue weighted by molar-refractivity contribution is -0.139. The Morgan fingerprint density at radius 2 is 2.26 bits per heavy atom. The summed E-state index contributed by atoms with van der Waals surface area (Å²) < 4.78 is 17.6. The van der Waals surface area contributed by atoms with Crippen LogP contribution in [0.5, 0.6) is 0 Å². The molecule has 5 nitrogen and oxygen atoms in total. The third-order valence-electron chi connectivity index (χ3n) is 2.12. The third-order valence-corrected chi connectivity index (χ3v) is 2.41. The van der Waals surface area contributed by atoms with Crippen molar-refractivity contribution in [3.8, 4) is 0 Å². The van der Waals surface area contributed by atoms with Gasteiger partial charge in [0.2, 0.25) is 0 Å². The fourth-order valence-electron chi connectivity index (χ4n) is 1.27. The lowest BCUT2D eigenvalue weighted by Gasteiger charge is -2.14. The zero-order valence-corrected chi connectivity index (χ0v) is 10.5. The highest BCUT2D eigenvalue weighted by molar-refractivity contribution is 6.30. The smallest absolute Gasteiger partial charge is 0.408 e. The average molecular weight is 288 g/mol. The molecule has 1 amide bonds. The van der Waals surface area contributed by atoms with Gasteiger partial charge in [0.15, 0.2) is 6.04 Å². The van der Waals surface area contributed by atoms with E-state index in [0.29, 0.717) is 0 Å². The van der Waals surface area contributed by atoms with E-state index in [1.807, 2.05) is 0 Å². The first kappa shape index (κ1) is 15.0. The van der Waals surface area contributed by atoms with Gasteiger partial charge in [-0.25, -0.2) is 14.0 Å². The normalized spacial score (nSPS) is 11.5. The van der Waals surface area contributed by atoms with Gasteiger partial charge in [0.25, 0.3) is 0 Å². The lowest BCUT2D eigenvalue weighted by atomic mass is 10.1. The van der Waals surface area contributed by atoms with Crippen LogP contribution in [0, 0.1) is 5.82 Å². The predicted molar refractivity (Wildman–Crippen MR) is 66.5 cm³/mol. The van der Waals surface area contributed by atoms with E-state index in [9.17, 15) is 14.0 Å². The Bertz CT molecular complexity index is 507. The molecule has 19 heavy (non-hydrogen) atoms. The van der Waals surface area contributed by atoms with E-state index in [4.69, 9.17) is 16.7 Å². The van der Waals surface area contributed by atoms with Crippen LogP contribution < -0.4 is 5.32 Å². The molecule has 0 spiro atoms. The minimum atomic E-state index is -1.38. The number of benzene rings is 1. The van der Waals surface area contributed by atoms with Crippen molar-refractivity contribution >= 4 is 23.7 Å². The maximum absolute atomic E-state index is 13.0. The van der Waals surface area contributed by atoms with Crippen LogP contribution in [-0.4, -0.2) is 23.8 Å². The van der Waals surface area contributed by atoms with Gasteiger partial charge in [0.05, 0.1) is 5.02 Å². The van der Waals surface area contributed by atoms with Gasteiger partial charge < -0.3 is 15.2 Å². The number of alkyl carbamates (subject to hydrolysis) is 1. The summed E-state index contributed by atoms with van der Waals surface area (Å²) in [6, 6.07) is 1.98. The molecule has 1 rings (SSSR count). The molecule has 0 aliphatic heterocycles. The number of ether oxygens (including phenoxy) is 1. The standard InChI is InChI=1S/C12H11ClFNO4/c1-2-5-19-12(18)15-10(11(16)17)7-3-4-9(14)8(13)6-7/h2-4,6,10H,1,5H2,(H,15,18)(H,16,17). The summed E-state index contributed by atoms with van der Waals surface area (Å²) in [5.41, 5.74) is 0.134. The molecule has 0 saturated heterocycles. The number of aliphatic carboxylic acids is 1. The third kappa shape index (κ3) is 4.26. The monoisotopic (exact) mass is 287 g/mol. The summed E-state index contributed by atoms with van der Waals surface area (Å²) in [7, 11) is 0. The van der Waals surface area contributed by atoms with E-state index < -0.39 is 23.9 Å². The van der Waals surface area contributed by atoms with Gasteiger partial charge in [0, 0.05) is 0 Å². The van der Waals surface area contributed by atoms with Crippen molar-refractivity contribution in [2.24, 2.45) is 0 Å². The summed E-state index contributed by atoms with van der Waals surface area (Å²) in [6.45, 7) is 3.29. The van der Waals surface area contributed by atoms with Crippen LogP contribution in [0.1, 0.15) is 11.6 Å². The van der Waals surface area contributed by atoms with Gasteiger partial charge in [0.1, 0.15) is 12.4 Å². The number of hydrogen-bond acceptors (Lipinski definition) is 3. The number of carboxylic acids is 1. The Hall–Kier alpha value is -2.08. The Morgan fingerprint density at radius 3 is 2.79 bits per heavy atom. The quantitative estimate of drug-likeness (QED) is 0.816. The number of nitrogens with one attached hydrogen (secondary N) is 1. The first-order valence-corrected chi connectivity index (χ1v) is 5.55. The molecule has 102 valence electrons. The number of carboxylic acid groups (broad SMARTS) is 1. The number of carbonyl (C=O) groups excluding carboxylic acids is 1. The molecule has 7 heteroatoms. The van der Waals surface area contributed by atoms with E-state index in [2.05, 4.69) is 16.6 Å². The summed E-state index contributed by atoms with van der Waals surface area (Å²) in [6.07, 6.45) is 0.414. The summed E-state index contributed by atoms with van der Waals surface area (Å²) >= 11 is 5.56. The van der Waals surface area contributed by atoms with Crippen molar-refractivity contribution in [2.75, 3.05) is 6.61 Å². The number of halogens is 2. The molecule has 2 N–H and O–H groups in total. The molecule has 1 atom stereocenters. The maximum Gasteiger partial charge on any atom is 0.408 e. The van der Waals surface area contributed by atoms with Crippen LogP contribution in [0.3, 0.4) is 0 Å². The lowest BCUT2D eigenvalue weighted by Crippen LogP contribution is -2.34. The van der Waals surface area contributed by atoms with Crippen LogP contribution in [0.2, 0.25) is 5.02 Å². The summed E-state index contributed by atoms with van der Waals surface area (Å²) in [4.78, 5) is 22.4. The van der Waals surface area contributed by atoms with Gasteiger partial charge in [-0.15, -0.1) is 0 Å². The van der Waals surface area contributed by atoms with Crippen molar-refractivity contribution in [3.05, 3.63) is 47.3 Å². The number of amides is 1. The van der Waals surface area contributed by atoms with E-state index in [1.165, 1.54) is 12.1 Å². The van der Waals surface area contributed by atoms with Crippen LogP contribution in [0.15, 0.2) is 30.9 Å². The van der Waals surface area contributed by atoms with Crippen LogP contribution >= 0.6 is 11.6 Å². The Morgan fingerprint density at radius 1 is 1.58 bits per heavy atom. The van der Waals surface area contributed by atoms with Crippen molar-refractivity contribution in [1.29, 1.82) is 0 Å². The highest BCUT2D eigenvalue weighted by Gasteiger charge is 2.23. The molecular formula is C12H11ClFNO4. The highest BCUT2D eigenvalue weighted by atomic mass is 35.5. The second-order valence-electron chi connectivity index (χ2n) is 3.48. The van der Waals surface area contributed by atoms with Crippen molar-refractivity contribution < 1.29 is 23.8 Å². The molecule has 0 heterocycles. The molecule has 0 aliphatic rings. The zero-order valence-electron chi connectivity index (χ0n) is 9.73. The SMILES string of the molecule is C=CCOC(=O)NC(C(=O)O)c1ccc(F)c(Cl)c1. The fourth-order valence-corrected chi connectivity index (χ4v) is 1.46. The average Bonchev–Trinajstić information content (AvgIpc) is 2.36. The van der Waals surface area contributed by atoms with Gasteiger partial charge in [-0.05, 0) is 17.7 Å². The van der Waals surface area contributed by atoms with E-state index in [-0.39, 0.29) is 17.2 Å². The van der Waals surface area contributed by atoms with Crippen LogP contribution in [-0.2, 0) is 9.53 Å². The Kier molecular flexibility index (Phi) is 5.32. The van der Waals surface area contributed by atoms with Crippen molar-refractivity contribution in [1.82, 2.24) is 5.32 Å². The topological polar surface area (TPSA) is 75.6 Å². The van der Waals surface area contributed by atoms with E-state index in [1.54, 1.807) is 0 Å². The Balaban J connectivity index is 2.88. The number of carbonyl (C=O) groups is 2. The van der Waals surface area contributed by atoms with E-state index in [0.717, 1.165) is 12.1 Å². The molecule has 1 aromatic carbocycles. The minimum Gasteiger partial charge on any atom is -0.479 e. The highest BCUT2D eigenvalue weighted by Crippen LogP contribution is 2.21. The Labute approximate surface area is 113 Å². The predicted octanol–water partition coefficient (Wildman–Crippen LogP) is 2.52. The second-order valence-corrected chi connectivity index (χ2v) is 3.88. The first-order valence-electron chi connectivity index (χ1n) is 5.17. The van der Waals surface area contributed by atoms with Gasteiger partial charge in [-0.1, -0.05) is 30.3 Å². The van der Waals surface area contributed by atoms with Crippen molar-refractivity contribution in [3.63, 3.8) is 0 Å². The number of rotatable bonds is 5. The van der Waals surface area contributed by atoms with E-state index >= 15 is 0 Å². The zero-order chi connectivity index (χ0) is 14.4. The van der Waals surface area contributed by atoms with Gasteiger partial charge >= 0.3 is 12.1 Å². The van der Waals surface area contributed by atoms with Crippen LogP contribution in [0.25, 0.3) is 0 Å². The molecule has 0 bridgehead atoms. The van der Waals surface area contributed by atoms with Crippen LogP contribution in [0.4, 0.5) is 9.18 Å². The molecule has 0 radical (unpaired) electrons. The molecular weight excluding hydrogens is 277 g/mol. The molecule has 0 saturated carbocycles. The summed E-state index contributed by atoms with van der Waals surface area (Å²) in [5, 5.41) is 10.9. The second kappa shape index (κ2) is 6.75. The molecule has 1 unspecified atom stereocenters. The molecule has 0 aromatic heterocycles.